The van der Waals surface area contributed by atoms with Crippen LogP contribution in [0.1, 0.15) is 22.5 Å². The minimum atomic E-state index is -2.98. The highest BCUT2D eigenvalue weighted by Gasteiger charge is 2.22. The Morgan fingerprint density at radius 3 is 2.57 bits per heavy atom. The number of carboxylic acids is 1. The maximum Gasteiger partial charge on any atom is 0.341 e. The summed E-state index contributed by atoms with van der Waals surface area (Å²) in [6.07, 6.45) is -2.35. The molecule has 0 aliphatic heterocycles. The minimum Gasteiger partial charge on any atom is -0.505 e. The summed E-state index contributed by atoms with van der Waals surface area (Å²) in [5, 5.41) is 17.5. The largest absolute Gasteiger partial charge is 0.505 e. The van der Waals surface area contributed by atoms with Crippen LogP contribution >= 0.6 is 0 Å². The second-order valence-corrected chi connectivity index (χ2v) is 2.42. The van der Waals surface area contributed by atoms with E-state index in [9.17, 15) is 13.6 Å². The Kier molecular flexibility index (Phi) is 2.50. The molecule has 0 radical (unpaired) electrons. The van der Waals surface area contributed by atoms with Gasteiger partial charge in [0, 0.05) is 0 Å². The van der Waals surface area contributed by atoms with Crippen LogP contribution in [0, 0.1) is 0 Å². The summed E-state index contributed by atoms with van der Waals surface area (Å²) in [7, 11) is 0. The molecule has 14 heavy (non-hydrogen) atoms. The van der Waals surface area contributed by atoms with E-state index in [4.69, 9.17) is 15.9 Å². The fourth-order valence-corrected chi connectivity index (χ4v) is 0.929. The summed E-state index contributed by atoms with van der Waals surface area (Å²) < 4.78 is 24.4. The van der Waals surface area contributed by atoms with E-state index >= 15 is 0 Å². The van der Waals surface area contributed by atoms with Crippen molar-refractivity contribution in [2.75, 3.05) is 5.73 Å². The molecular weight excluding hydrogens is 198 g/mol. The van der Waals surface area contributed by atoms with Gasteiger partial charge in [-0.2, -0.15) is 0 Å². The number of hydrogen-bond donors (Lipinski definition) is 3. The van der Waals surface area contributed by atoms with Gasteiger partial charge in [-0.15, -0.1) is 0 Å². The van der Waals surface area contributed by atoms with Crippen LogP contribution < -0.4 is 5.73 Å². The fourth-order valence-electron chi connectivity index (χ4n) is 0.929. The number of anilines is 1. The van der Waals surface area contributed by atoms with Crippen LogP contribution in [0.5, 0.6) is 5.75 Å². The number of halogens is 2. The third kappa shape index (κ3) is 1.56. The van der Waals surface area contributed by atoms with E-state index in [1.54, 1.807) is 0 Å². The summed E-state index contributed by atoms with van der Waals surface area (Å²) in [5.74, 6) is -2.32. The Morgan fingerprint density at radius 1 is 1.57 bits per heavy atom. The molecule has 0 bridgehead atoms. The number of nitrogen functional groups attached to an aromatic ring is 1. The molecule has 0 aliphatic rings. The molecule has 7 heteroatoms. The first-order chi connectivity index (χ1) is 6.45. The minimum absolute atomic E-state index is 0.626. The molecule has 0 saturated carbocycles. The highest BCUT2D eigenvalue weighted by atomic mass is 19.3. The van der Waals surface area contributed by atoms with Gasteiger partial charge in [0.2, 0.25) is 0 Å². The van der Waals surface area contributed by atoms with E-state index in [2.05, 4.69) is 4.98 Å². The number of rotatable bonds is 2. The number of carboxylic acid groups (broad SMARTS) is 1. The molecule has 0 aliphatic carbocycles. The van der Waals surface area contributed by atoms with E-state index in [1.807, 2.05) is 0 Å². The normalized spacial score (nSPS) is 10.5. The zero-order valence-electron chi connectivity index (χ0n) is 6.74. The second-order valence-electron chi connectivity index (χ2n) is 2.42. The van der Waals surface area contributed by atoms with E-state index in [1.165, 1.54) is 0 Å². The molecule has 0 spiro atoms. The zero-order valence-corrected chi connectivity index (χ0v) is 6.74. The lowest BCUT2D eigenvalue weighted by atomic mass is 10.1. The van der Waals surface area contributed by atoms with Crippen molar-refractivity contribution < 1.29 is 23.8 Å². The van der Waals surface area contributed by atoms with Crippen LogP contribution in [0.3, 0.4) is 0 Å². The Labute approximate surface area is 76.8 Å². The van der Waals surface area contributed by atoms with Crippen LogP contribution in [0.2, 0.25) is 0 Å². The molecule has 0 aromatic carbocycles. The smallest absolute Gasteiger partial charge is 0.341 e. The van der Waals surface area contributed by atoms with Gasteiger partial charge in [0.15, 0.2) is 5.75 Å². The quantitative estimate of drug-likeness (QED) is 0.667. The molecule has 1 heterocycles. The molecule has 0 unspecified atom stereocenters. The number of hydrogen-bond acceptors (Lipinski definition) is 4. The van der Waals surface area contributed by atoms with Gasteiger partial charge in [-0.05, 0) is 0 Å². The van der Waals surface area contributed by atoms with Crippen LogP contribution in [0.4, 0.5) is 14.5 Å². The molecular formula is C7H6F2N2O3. The third-order valence-electron chi connectivity index (χ3n) is 1.55. The number of aromatic nitrogens is 1. The van der Waals surface area contributed by atoms with Gasteiger partial charge < -0.3 is 15.9 Å². The maximum atomic E-state index is 12.2. The average molecular weight is 204 g/mol. The lowest BCUT2D eigenvalue weighted by Gasteiger charge is -2.07. The first-order valence-electron chi connectivity index (χ1n) is 3.44. The first kappa shape index (κ1) is 10.2. The summed E-state index contributed by atoms with van der Waals surface area (Å²) in [6.45, 7) is 0. The standard InChI is InChI=1S/C7H6F2N2O3/c8-6(9)5-4(10)3(7(13)14)2(12)1-11-5/h1,6,12H,10H2,(H,13,14). The summed E-state index contributed by atoms with van der Waals surface area (Å²) in [6, 6.07) is 0. The van der Waals surface area contributed by atoms with Crippen molar-refractivity contribution in [3.63, 3.8) is 0 Å². The lowest BCUT2D eigenvalue weighted by Crippen LogP contribution is -2.08. The molecule has 1 aromatic rings. The van der Waals surface area contributed by atoms with Gasteiger partial charge in [0.05, 0.1) is 11.9 Å². The van der Waals surface area contributed by atoms with E-state index < -0.39 is 35.1 Å². The second kappa shape index (κ2) is 3.44. The van der Waals surface area contributed by atoms with E-state index in [0.29, 0.717) is 6.20 Å². The van der Waals surface area contributed by atoms with Gasteiger partial charge in [-0.3, -0.25) is 0 Å². The Bertz CT molecular complexity index is 381. The van der Waals surface area contributed by atoms with Crippen molar-refractivity contribution >= 4 is 11.7 Å². The van der Waals surface area contributed by atoms with Gasteiger partial charge in [0.1, 0.15) is 11.3 Å². The van der Waals surface area contributed by atoms with Crippen molar-refractivity contribution in [1.82, 2.24) is 4.98 Å². The third-order valence-corrected chi connectivity index (χ3v) is 1.55. The monoisotopic (exact) mass is 204 g/mol. The summed E-state index contributed by atoms with van der Waals surface area (Å²) in [5.41, 5.74) is 2.79. The lowest BCUT2D eigenvalue weighted by molar-refractivity contribution is 0.0694. The Balaban J connectivity index is 3.41. The SMILES string of the molecule is Nc1c(C(F)F)ncc(O)c1C(=O)O. The number of nitrogens with two attached hydrogens (primary N) is 1. The predicted octanol–water partition coefficient (Wildman–Crippen LogP) is 1.01. The van der Waals surface area contributed by atoms with Gasteiger partial charge >= 0.3 is 5.97 Å². The molecule has 0 fully saturated rings. The number of nitrogens with zero attached hydrogens (tertiary/aromatic N) is 1. The van der Waals surface area contributed by atoms with Crippen LogP contribution in [-0.4, -0.2) is 21.2 Å². The number of carbonyl (C=O) groups is 1. The van der Waals surface area contributed by atoms with Crippen molar-refractivity contribution in [2.45, 2.75) is 6.43 Å². The molecule has 1 rings (SSSR count). The van der Waals surface area contributed by atoms with Gasteiger partial charge in [-0.25, -0.2) is 18.6 Å². The van der Waals surface area contributed by atoms with Crippen LogP contribution in [0.15, 0.2) is 6.20 Å². The number of alkyl halides is 2. The zero-order chi connectivity index (χ0) is 10.9. The molecule has 0 saturated heterocycles. The fraction of sp³-hybridized carbons (Fsp3) is 0.143. The number of aromatic carboxylic acids is 1. The maximum absolute atomic E-state index is 12.2. The van der Waals surface area contributed by atoms with Crippen molar-refractivity contribution in [2.24, 2.45) is 0 Å². The molecule has 1 aromatic heterocycles. The topological polar surface area (TPSA) is 96.4 Å². The van der Waals surface area contributed by atoms with Crippen molar-refractivity contribution in [1.29, 1.82) is 0 Å². The molecule has 5 nitrogen and oxygen atoms in total. The number of aromatic hydroxyl groups is 1. The van der Waals surface area contributed by atoms with Gasteiger partial charge in [-0.1, -0.05) is 0 Å². The highest BCUT2D eigenvalue weighted by Crippen LogP contribution is 2.30. The highest BCUT2D eigenvalue weighted by molar-refractivity contribution is 5.97. The van der Waals surface area contributed by atoms with Crippen LogP contribution in [0.25, 0.3) is 0 Å². The Hall–Kier alpha value is -1.92. The summed E-state index contributed by atoms with van der Waals surface area (Å²) in [4.78, 5) is 13.6. The van der Waals surface area contributed by atoms with Gasteiger partial charge in [0.25, 0.3) is 6.43 Å². The van der Waals surface area contributed by atoms with E-state index in [0.717, 1.165) is 0 Å². The molecule has 4 N–H and O–H groups in total. The predicted molar refractivity (Wildman–Crippen MR) is 42.2 cm³/mol. The van der Waals surface area contributed by atoms with Crippen molar-refractivity contribution in [3.05, 3.63) is 17.5 Å². The average Bonchev–Trinajstić information content (AvgIpc) is 2.02. The number of pyridine rings is 1. The molecule has 0 amide bonds. The molecule has 0 atom stereocenters. The van der Waals surface area contributed by atoms with Crippen LogP contribution in [-0.2, 0) is 0 Å². The Morgan fingerprint density at radius 2 is 2.14 bits per heavy atom. The van der Waals surface area contributed by atoms with Crippen molar-refractivity contribution in [3.8, 4) is 5.75 Å². The molecule has 76 valence electrons. The van der Waals surface area contributed by atoms with E-state index in [-0.39, 0.29) is 0 Å². The first-order valence-corrected chi connectivity index (χ1v) is 3.44. The summed E-state index contributed by atoms with van der Waals surface area (Å²) >= 11 is 0.